The standard InChI is InChI=1S/C22H15ClN2O3/c23-17-7-3-6-16(10-17)21-9-8-18(28-21)13-24-25-22(27)19-11-14-4-1-2-5-15(14)12-20(19)26/h1-13,26H,(H,25,27)/b24-13+. The maximum absolute atomic E-state index is 12.3. The number of carbonyl (C=O) groups excluding carboxylic acids is 1. The summed E-state index contributed by atoms with van der Waals surface area (Å²) in [6.07, 6.45) is 1.39. The lowest BCUT2D eigenvalue weighted by molar-refractivity contribution is 0.0952. The molecule has 1 aromatic heterocycles. The van der Waals surface area contributed by atoms with Crippen LogP contribution in [0.3, 0.4) is 0 Å². The first-order valence-electron chi connectivity index (χ1n) is 8.51. The van der Waals surface area contributed by atoms with Gasteiger partial charge in [-0.25, -0.2) is 5.43 Å². The van der Waals surface area contributed by atoms with Crippen molar-refractivity contribution in [3.8, 4) is 17.1 Å². The van der Waals surface area contributed by atoms with Crippen molar-refractivity contribution in [2.75, 3.05) is 0 Å². The number of fused-ring (bicyclic) bond motifs is 1. The fourth-order valence-electron chi connectivity index (χ4n) is 2.84. The van der Waals surface area contributed by atoms with Crippen molar-refractivity contribution >= 4 is 34.5 Å². The zero-order chi connectivity index (χ0) is 19.5. The van der Waals surface area contributed by atoms with Gasteiger partial charge in [0.15, 0.2) is 0 Å². The Morgan fingerprint density at radius 1 is 1.00 bits per heavy atom. The second-order valence-corrected chi connectivity index (χ2v) is 6.56. The summed E-state index contributed by atoms with van der Waals surface area (Å²) in [7, 11) is 0. The van der Waals surface area contributed by atoms with Gasteiger partial charge in [-0.3, -0.25) is 4.79 Å². The molecule has 6 heteroatoms. The molecule has 0 atom stereocenters. The number of carbonyl (C=O) groups is 1. The number of hydrogen-bond donors (Lipinski definition) is 2. The molecular formula is C22H15ClN2O3. The van der Waals surface area contributed by atoms with E-state index in [1.165, 1.54) is 6.21 Å². The van der Waals surface area contributed by atoms with Gasteiger partial charge >= 0.3 is 0 Å². The Morgan fingerprint density at radius 2 is 1.79 bits per heavy atom. The van der Waals surface area contributed by atoms with E-state index >= 15 is 0 Å². The summed E-state index contributed by atoms with van der Waals surface area (Å²) in [5.41, 5.74) is 3.39. The number of halogens is 1. The quantitative estimate of drug-likeness (QED) is 0.370. The summed E-state index contributed by atoms with van der Waals surface area (Å²) in [4.78, 5) is 12.3. The Bertz CT molecular complexity index is 1200. The van der Waals surface area contributed by atoms with Crippen molar-refractivity contribution in [1.82, 2.24) is 5.43 Å². The highest BCUT2D eigenvalue weighted by Crippen LogP contribution is 2.25. The number of nitrogens with one attached hydrogen (secondary N) is 1. The van der Waals surface area contributed by atoms with Crippen molar-refractivity contribution in [1.29, 1.82) is 0 Å². The van der Waals surface area contributed by atoms with Crippen molar-refractivity contribution in [3.63, 3.8) is 0 Å². The van der Waals surface area contributed by atoms with Crippen LogP contribution in [0.4, 0.5) is 0 Å². The van der Waals surface area contributed by atoms with Gasteiger partial charge in [-0.15, -0.1) is 0 Å². The third-order valence-corrected chi connectivity index (χ3v) is 4.44. The van der Waals surface area contributed by atoms with E-state index in [-0.39, 0.29) is 11.3 Å². The average molecular weight is 391 g/mol. The van der Waals surface area contributed by atoms with E-state index in [2.05, 4.69) is 10.5 Å². The van der Waals surface area contributed by atoms with Gasteiger partial charge < -0.3 is 9.52 Å². The van der Waals surface area contributed by atoms with Crippen LogP contribution in [0, 0.1) is 0 Å². The number of aromatic hydroxyl groups is 1. The highest BCUT2D eigenvalue weighted by atomic mass is 35.5. The monoisotopic (exact) mass is 390 g/mol. The Morgan fingerprint density at radius 3 is 2.57 bits per heavy atom. The lowest BCUT2D eigenvalue weighted by Crippen LogP contribution is -2.17. The van der Waals surface area contributed by atoms with Crippen LogP contribution in [-0.4, -0.2) is 17.2 Å². The highest BCUT2D eigenvalue weighted by molar-refractivity contribution is 6.30. The lowest BCUT2D eigenvalue weighted by atomic mass is 10.1. The first-order valence-corrected chi connectivity index (χ1v) is 8.89. The van der Waals surface area contributed by atoms with E-state index in [1.807, 2.05) is 36.4 Å². The van der Waals surface area contributed by atoms with Crippen LogP contribution in [0.2, 0.25) is 5.02 Å². The molecule has 138 valence electrons. The normalized spacial score (nSPS) is 11.2. The third-order valence-electron chi connectivity index (χ3n) is 4.20. The summed E-state index contributed by atoms with van der Waals surface area (Å²) in [5, 5.41) is 16.3. The smallest absolute Gasteiger partial charge is 0.275 e. The van der Waals surface area contributed by atoms with Gasteiger partial charge in [-0.2, -0.15) is 5.10 Å². The van der Waals surface area contributed by atoms with Gasteiger partial charge in [0, 0.05) is 10.6 Å². The molecule has 0 fully saturated rings. The predicted octanol–water partition coefficient (Wildman–Crippen LogP) is 5.22. The Balaban J connectivity index is 1.48. The molecule has 1 heterocycles. The Hall–Kier alpha value is -3.57. The molecule has 4 aromatic rings. The van der Waals surface area contributed by atoms with Crippen molar-refractivity contribution < 1.29 is 14.3 Å². The minimum absolute atomic E-state index is 0.104. The van der Waals surface area contributed by atoms with E-state index < -0.39 is 5.91 Å². The molecule has 0 aliphatic carbocycles. The van der Waals surface area contributed by atoms with Crippen molar-refractivity contribution in [2.45, 2.75) is 0 Å². The number of hydrazone groups is 1. The van der Waals surface area contributed by atoms with Crippen LogP contribution < -0.4 is 5.43 Å². The van der Waals surface area contributed by atoms with Gasteiger partial charge in [-0.1, -0.05) is 48.0 Å². The minimum Gasteiger partial charge on any atom is -0.507 e. The number of rotatable bonds is 4. The molecule has 4 rings (SSSR count). The molecule has 0 bridgehead atoms. The summed E-state index contributed by atoms with van der Waals surface area (Å²) in [6, 6.07) is 21.5. The van der Waals surface area contributed by atoms with Gasteiger partial charge in [0.25, 0.3) is 5.91 Å². The zero-order valence-electron chi connectivity index (χ0n) is 14.6. The van der Waals surface area contributed by atoms with Gasteiger partial charge in [0.05, 0.1) is 11.8 Å². The second-order valence-electron chi connectivity index (χ2n) is 6.13. The van der Waals surface area contributed by atoms with Crippen LogP contribution in [-0.2, 0) is 0 Å². The molecular weight excluding hydrogens is 376 g/mol. The molecule has 1 amide bonds. The molecule has 0 saturated carbocycles. The van der Waals surface area contributed by atoms with Gasteiger partial charge in [0.1, 0.15) is 17.3 Å². The van der Waals surface area contributed by atoms with Crippen LogP contribution in [0.1, 0.15) is 16.1 Å². The molecule has 0 unspecified atom stereocenters. The van der Waals surface area contributed by atoms with Crippen LogP contribution in [0.15, 0.2) is 82.3 Å². The molecule has 5 nitrogen and oxygen atoms in total. The maximum atomic E-state index is 12.3. The number of phenolic OH excluding ortho intramolecular Hbond substituents is 1. The average Bonchev–Trinajstić information content (AvgIpc) is 3.16. The summed E-state index contributed by atoms with van der Waals surface area (Å²) >= 11 is 5.99. The topological polar surface area (TPSA) is 74.8 Å². The Kier molecular flexibility index (Phi) is 4.83. The van der Waals surface area contributed by atoms with E-state index in [1.54, 1.807) is 36.4 Å². The van der Waals surface area contributed by atoms with Crippen molar-refractivity contribution in [2.24, 2.45) is 5.10 Å². The summed E-state index contributed by atoms with van der Waals surface area (Å²) < 4.78 is 5.68. The number of furan rings is 1. The van der Waals surface area contributed by atoms with E-state index in [4.69, 9.17) is 16.0 Å². The van der Waals surface area contributed by atoms with E-state index in [0.29, 0.717) is 16.5 Å². The third kappa shape index (κ3) is 3.75. The predicted molar refractivity (Wildman–Crippen MR) is 110 cm³/mol. The van der Waals surface area contributed by atoms with Crippen LogP contribution >= 0.6 is 11.6 Å². The molecule has 0 saturated heterocycles. The zero-order valence-corrected chi connectivity index (χ0v) is 15.4. The molecule has 0 aliphatic heterocycles. The second kappa shape index (κ2) is 7.58. The first-order chi connectivity index (χ1) is 13.6. The first kappa shape index (κ1) is 17.8. The largest absolute Gasteiger partial charge is 0.507 e. The fourth-order valence-corrected chi connectivity index (χ4v) is 3.03. The molecule has 28 heavy (non-hydrogen) atoms. The molecule has 2 N–H and O–H groups in total. The number of nitrogens with zero attached hydrogens (tertiary/aromatic N) is 1. The van der Waals surface area contributed by atoms with Crippen LogP contribution in [0.5, 0.6) is 5.75 Å². The number of hydrogen-bond acceptors (Lipinski definition) is 4. The van der Waals surface area contributed by atoms with Gasteiger partial charge in [0.2, 0.25) is 0 Å². The van der Waals surface area contributed by atoms with E-state index in [9.17, 15) is 9.90 Å². The molecule has 0 aliphatic rings. The molecule has 0 radical (unpaired) electrons. The molecule has 0 spiro atoms. The molecule has 3 aromatic carbocycles. The van der Waals surface area contributed by atoms with Crippen LogP contribution in [0.25, 0.3) is 22.1 Å². The Labute approximate surface area is 165 Å². The maximum Gasteiger partial charge on any atom is 0.275 e. The number of amides is 1. The van der Waals surface area contributed by atoms with E-state index in [0.717, 1.165) is 16.3 Å². The number of benzene rings is 3. The van der Waals surface area contributed by atoms with Crippen molar-refractivity contribution in [3.05, 3.63) is 89.1 Å². The fraction of sp³-hybridized carbons (Fsp3) is 0. The summed E-state index contributed by atoms with van der Waals surface area (Å²) in [5.74, 6) is 0.495. The SMILES string of the molecule is O=C(N/N=C/c1ccc(-c2cccc(Cl)c2)o1)c1cc2ccccc2cc1O. The minimum atomic E-state index is -0.513. The highest BCUT2D eigenvalue weighted by Gasteiger charge is 2.12. The lowest BCUT2D eigenvalue weighted by Gasteiger charge is -2.05. The van der Waals surface area contributed by atoms with Gasteiger partial charge in [-0.05, 0) is 47.2 Å². The summed E-state index contributed by atoms with van der Waals surface area (Å²) in [6.45, 7) is 0. The number of phenols is 1.